The van der Waals surface area contributed by atoms with Crippen molar-refractivity contribution in [2.75, 3.05) is 13.2 Å². The summed E-state index contributed by atoms with van der Waals surface area (Å²) >= 11 is 5.92. The first kappa shape index (κ1) is 10.9. The molecule has 0 bridgehead atoms. The third kappa shape index (κ3) is 2.17. The molecule has 2 heterocycles. The van der Waals surface area contributed by atoms with Crippen molar-refractivity contribution in [1.29, 1.82) is 0 Å². The van der Waals surface area contributed by atoms with E-state index >= 15 is 0 Å². The Labute approximate surface area is 94.5 Å². The number of likely N-dealkylation sites (tertiary alicyclic amines) is 1. The fraction of sp³-hybridized carbons (Fsp3) is 0.700. The number of imidazole rings is 1. The Kier molecular flexibility index (Phi) is 3.29. The van der Waals surface area contributed by atoms with Gasteiger partial charge in [0, 0.05) is 13.1 Å². The van der Waals surface area contributed by atoms with Gasteiger partial charge in [0.15, 0.2) is 0 Å². The first-order valence-corrected chi connectivity index (χ1v) is 5.61. The Balaban J connectivity index is 2.05. The predicted octanol–water partition coefficient (Wildman–Crippen LogP) is 1.03. The summed E-state index contributed by atoms with van der Waals surface area (Å²) in [4.78, 5) is 6.52. The van der Waals surface area contributed by atoms with Crippen molar-refractivity contribution in [1.82, 2.24) is 14.5 Å². The average molecular weight is 230 g/mol. The Morgan fingerprint density at radius 3 is 3.07 bits per heavy atom. The Hall–Kier alpha value is -0.580. The summed E-state index contributed by atoms with van der Waals surface area (Å²) in [6, 6.07) is 0.292. The quantitative estimate of drug-likeness (QED) is 0.842. The first-order valence-electron chi connectivity index (χ1n) is 5.23. The Morgan fingerprint density at radius 1 is 1.67 bits per heavy atom. The van der Waals surface area contributed by atoms with Gasteiger partial charge in [-0.25, -0.2) is 4.98 Å². The first-order chi connectivity index (χ1) is 7.22. The van der Waals surface area contributed by atoms with Crippen LogP contribution in [-0.4, -0.2) is 38.8 Å². The SMILES string of the molecule is Cn1c(Cl)cnc1CN1CCC[C@@H]1CO. The normalized spacial score (nSPS) is 22.5. The van der Waals surface area contributed by atoms with Crippen LogP contribution in [0.1, 0.15) is 18.7 Å². The minimum absolute atomic E-state index is 0.234. The van der Waals surface area contributed by atoms with Gasteiger partial charge in [0.05, 0.1) is 19.3 Å². The molecule has 2 rings (SSSR count). The van der Waals surface area contributed by atoms with E-state index in [0.29, 0.717) is 11.2 Å². The molecular weight excluding hydrogens is 214 g/mol. The van der Waals surface area contributed by atoms with Crippen LogP contribution in [0.3, 0.4) is 0 Å². The molecule has 1 N–H and O–H groups in total. The molecule has 0 unspecified atom stereocenters. The molecule has 0 radical (unpaired) electrons. The fourth-order valence-electron chi connectivity index (χ4n) is 2.06. The van der Waals surface area contributed by atoms with Gasteiger partial charge in [0.1, 0.15) is 11.0 Å². The predicted molar refractivity (Wildman–Crippen MR) is 58.7 cm³/mol. The number of halogens is 1. The highest BCUT2D eigenvalue weighted by molar-refractivity contribution is 6.29. The van der Waals surface area contributed by atoms with Crippen LogP contribution in [0.2, 0.25) is 5.15 Å². The average Bonchev–Trinajstić information content (AvgIpc) is 2.80. The van der Waals surface area contributed by atoms with Gasteiger partial charge in [-0.05, 0) is 19.4 Å². The Bertz CT molecular complexity index is 339. The lowest BCUT2D eigenvalue weighted by atomic mass is 10.2. The smallest absolute Gasteiger partial charge is 0.128 e. The molecule has 1 aromatic rings. The van der Waals surface area contributed by atoms with Crippen LogP contribution in [0.15, 0.2) is 6.20 Å². The van der Waals surface area contributed by atoms with E-state index in [9.17, 15) is 5.11 Å². The van der Waals surface area contributed by atoms with E-state index in [-0.39, 0.29) is 6.61 Å². The standard InChI is InChI=1S/C10H16ClN3O/c1-13-9(11)5-12-10(13)6-14-4-2-3-8(14)7-15/h5,8,15H,2-4,6-7H2,1H3/t8-/m1/s1. The monoisotopic (exact) mass is 229 g/mol. The van der Waals surface area contributed by atoms with E-state index < -0.39 is 0 Å². The summed E-state index contributed by atoms with van der Waals surface area (Å²) in [5.41, 5.74) is 0. The number of nitrogens with zero attached hydrogens (tertiary/aromatic N) is 3. The van der Waals surface area contributed by atoms with E-state index in [4.69, 9.17) is 11.6 Å². The molecular formula is C10H16ClN3O. The lowest BCUT2D eigenvalue weighted by Gasteiger charge is -2.22. The van der Waals surface area contributed by atoms with Crippen LogP contribution in [0.25, 0.3) is 0 Å². The molecule has 5 heteroatoms. The van der Waals surface area contributed by atoms with Gasteiger partial charge in [-0.3, -0.25) is 4.90 Å². The molecule has 1 saturated heterocycles. The van der Waals surface area contributed by atoms with Gasteiger partial charge >= 0.3 is 0 Å². The second kappa shape index (κ2) is 4.51. The van der Waals surface area contributed by atoms with Crippen molar-refractivity contribution in [3.8, 4) is 0 Å². The van der Waals surface area contributed by atoms with Gasteiger partial charge < -0.3 is 9.67 Å². The van der Waals surface area contributed by atoms with Gasteiger partial charge in [-0.2, -0.15) is 0 Å². The molecule has 0 amide bonds. The van der Waals surface area contributed by atoms with E-state index in [2.05, 4.69) is 9.88 Å². The summed E-state index contributed by atoms with van der Waals surface area (Å²) in [5.74, 6) is 0.959. The van der Waals surface area contributed by atoms with E-state index in [1.165, 1.54) is 0 Å². The molecule has 0 spiro atoms. The summed E-state index contributed by atoms with van der Waals surface area (Å²) in [6.07, 6.45) is 3.90. The molecule has 1 aromatic heterocycles. The maximum atomic E-state index is 9.19. The van der Waals surface area contributed by atoms with E-state index in [0.717, 1.165) is 31.8 Å². The lowest BCUT2D eigenvalue weighted by molar-refractivity contribution is 0.150. The zero-order chi connectivity index (χ0) is 10.8. The molecule has 84 valence electrons. The maximum absolute atomic E-state index is 9.19. The third-order valence-electron chi connectivity index (χ3n) is 3.08. The molecule has 0 aliphatic carbocycles. The minimum Gasteiger partial charge on any atom is -0.395 e. The summed E-state index contributed by atoms with van der Waals surface area (Å²) in [6.45, 7) is 2.04. The number of hydrogen-bond acceptors (Lipinski definition) is 3. The van der Waals surface area contributed by atoms with Crippen molar-refractivity contribution in [3.05, 3.63) is 17.2 Å². The van der Waals surface area contributed by atoms with E-state index in [1.807, 2.05) is 11.6 Å². The van der Waals surface area contributed by atoms with Crippen LogP contribution in [0, 0.1) is 0 Å². The zero-order valence-electron chi connectivity index (χ0n) is 8.86. The molecule has 15 heavy (non-hydrogen) atoms. The molecule has 1 aliphatic heterocycles. The number of aromatic nitrogens is 2. The molecule has 0 aromatic carbocycles. The van der Waals surface area contributed by atoms with Crippen molar-refractivity contribution in [3.63, 3.8) is 0 Å². The van der Waals surface area contributed by atoms with Crippen molar-refractivity contribution < 1.29 is 5.11 Å². The summed E-state index contributed by atoms with van der Waals surface area (Å²) in [5, 5.41) is 9.85. The number of aliphatic hydroxyl groups excluding tert-OH is 1. The largest absolute Gasteiger partial charge is 0.395 e. The highest BCUT2D eigenvalue weighted by Gasteiger charge is 2.24. The Morgan fingerprint density at radius 2 is 2.47 bits per heavy atom. The second-order valence-corrected chi connectivity index (χ2v) is 4.39. The fourth-order valence-corrected chi connectivity index (χ4v) is 2.21. The van der Waals surface area contributed by atoms with Gasteiger partial charge in [-0.1, -0.05) is 11.6 Å². The van der Waals surface area contributed by atoms with Crippen molar-refractivity contribution in [2.24, 2.45) is 7.05 Å². The van der Waals surface area contributed by atoms with Gasteiger partial charge in [-0.15, -0.1) is 0 Å². The molecule has 1 aliphatic rings. The molecule has 0 saturated carbocycles. The van der Waals surface area contributed by atoms with Crippen molar-refractivity contribution in [2.45, 2.75) is 25.4 Å². The zero-order valence-corrected chi connectivity index (χ0v) is 9.61. The lowest BCUT2D eigenvalue weighted by Crippen LogP contribution is -2.32. The third-order valence-corrected chi connectivity index (χ3v) is 3.43. The molecule has 1 atom stereocenters. The maximum Gasteiger partial charge on any atom is 0.128 e. The van der Waals surface area contributed by atoms with Gasteiger partial charge in [0.2, 0.25) is 0 Å². The number of rotatable bonds is 3. The highest BCUT2D eigenvalue weighted by atomic mass is 35.5. The van der Waals surface area contributed by atoms with Crippen LogP contribution < -0.4 is 0 Å². The molecule has 1 fully saturated rings. The van der Waals surface area contributed by atoms with Crippen LogP contribution in [-0.2, 0) is 13.6 Å². The van der Waals surface area contributed by atoms with Crippen LogP contribution >= 0.6 is 11.6 Å². The second-order valence-electron chi connectivity index (χ2n) is 4.01. The topological polar surface area (TPSA) is 41.3 Å². The number of aliphatic hydroxyl groups is 1. The number of hydrogen-bond donors (Lipinski definition) is 1. The molecule has 4 nitrogen and oxygen atoms in total. The van der Waals surface area contributed by atoms with Crippen LogP contribution in [0.4, 0.5) is 0 Å². The highest BCUT2D eigenvalue weighted by Crippen LogP contribution is 2.20. The van der Waals surface area contributed by atoms with E-state index in [1.54, 1.807) is 6.20 Å². The summed E-state index contributed by atoms with van der Waals surface area (Å²) in [7, 11) is 1.91. The summed E-state index contributed by atoms with van der Waals surface area (Å²) < 4.78 is 1.88. The minimum atomic E-state index is 0.234. The van der Waals surface area contributed by atoms with Crippen molar-refractivity contribution >= 4 is 11.6 Å². The van der Waals surface area contributed by atoms with Crippen LogP contribution in [0.5, 0.6) is 0 Å². The van der Waals surface area contributed by atoms with Gasteiger partial charge in [0.25, 0.3) is 0 Å².